The Hall–Kier alpha value is -2.61. The fourth-order valence-electron chi connectivity index (χ4n) is 3.51. The van der Waals surface area contributed by atoms with E-state index in [2.05, 4.69) is 30.5 Å². The summed E-state index contributed by atoms with van der Waals surface area (Å²) in [7, 11) is 0. The zero-order chi connectivity index (χ0) is 16.9. The molecule has 0 spiro atoms. The number of tetrazole rings is 1. The Kier molecular flexibility index (Phi) is 4.78. The molecule has 0 N–H and O–H groups in total. The van der Waals surface area contributed by atoms with Gasteiger partial charge in [0, 0.05) is 12.5 Å². The van der Waals surface area contributed by atoms with Crippen LogP contribution in [-0.4, -0.2) is 59.0 Å². The quantitative estimate of drug-likeness (QED) is 0.647. The maximum Gasteiger partial charge on any atom is 0.156 e. The van der Waals surface area contributed by atoms with Gasteiger partial charge in [0.1, 0.15) is 12.7 Å². The zero-order valence-corrected chi connectivity index (χ0v) is 14.1. The zero-order valence-electron chi connectivity index (χ0n) is 14.1. The molecule has 0 radical (unpaired) electrons. The van der Waals surface area contributed by atoms with Gasteiger partial charge in [-0.15, -0.1) is 5.10 Å². The summed E-state index contributed by atoms with van der Waals surface area (Å²) in [5.41, 5.74) is 1.01. The second-order valence-electron chi connectivity index (χ2n) is 6.40. The van der Waals surface area contributed by atoms with Gasteiger partial charge in [0.25, 0.3) is 0 Å². The van der Waals surface area contributed by atoms with Gasteiger partial charge >= 0.3 is 0 Å². The number of aromatic nitrogens is 7. The highest BCUT2D eigenvalue weighted by molar-refractivity contribution is 5.30. The van der Waals surface area contributed by atoms with Crippen LogP contribution in [0.2, 0.25) is 0 Å². The molecule has 0 saturated carbocycles. The highest BCUT2D eigenvalue weighted by Gasteiger charge is 2.24. The third kappa shape index (κ3) is 3.74. The van der Waals surface area contributed by atoms with Crippen LogP contribution in [-0.2, 0) is 13.0 Å². The van der Waals surface area contributed by atoms with E-state index in [1.54, 1.807) is 12.7 Å². The molecule has 8 heteroatoms. The number of benzene rings is 1. The Bertz CT molecular complexity index is 767. The first kappa shape index (κ1) is 15.9. The summed E-state index contributed by atoms with van der Waals surface area (Å²) in [4.78, 5) is 6.59. The van der Waals surface area contributed by atoms with Crippen molar-refractivity contribution in [2.24, 2.45) is 0 Å². The third-order valence-corrected chi connectivity index (χ3v) is 4.74. The molecular formula is C17H22N8. The summed E-state index contributed by atoms with van der Waals surface area (Å²) >= 11 is 0. The Morgan fingerprint density at radius 3 is 2.92 bits per heavy atom. The molecule has 0 unspecified atom stereocenters. The maximum atomic E-state index is 4.23. The van der Waals surface area contributed by atoms with Crippen molar-refractivity contribution in [1.29, 1.82) is 0 Å². The molecule has 0 bridgehead atoms. The van der Waals surface area contributed by atoms with E-state index in [0.717, 1.165) is 44.0 Å². The van der Waals surface area contributed by atoms with E-state index < -0.39 is 0 Å². The lowest BCUT2D eigenvalue weighted by atomic mass is 10.2. The van der Waals surface area contributed by atoms with Gasteiger partial charge in [-0.25, -0.2) is 4.98 Å². The molecule has 3 aromatic rings. The summed E-state index contributed by atoms with van der Waals surface area (Å²) in [6.45, 7) is 3.13. The highest BCUT2D eigenvalue weighted by atomic mass is 15.5. The van der Waals surface area contributed by atoms with Crippen LogP contribution in [0.4, 0.5) is 0 Å². The molecule has 0 amide bonds. The average Bonchev–Trinajstić information content (AvgIpc) is 3.39. The Balaban J connectivity index is 1.33. The number of para-hydroxylation sites is 1. The van der Waals surface area contributed by atoms with Crippen LogP contribution >= 0.6 is 0 Å². The predicted octanol–water partition coefficient (Wildman–Crippen LogP) is 1.35. The van der Waals surface area contributed by atoms with E-state index in [0.29, 0.717) is 6.04 Å². The van der Waals surface area contributed by atoms with Crippen LogP contribution in [0, 0.1) is 0 Å². The first-order valence-electron chi connectivity index (χ1n) is 8.79. The maximum absolute atomic E-state index is 4.23. The van der Waals surface area contributed by atoms with Crippen molar-refractivity contribution in [1.82, 2.24) is 39.9 Å². The standard InChI is InChI=1S/C17H22N8/c1-2-6-15(7-3-1)25-17(20-21-22-25)9-5-11-23-10-4-8-16(23)12-24-14-18-13-19-24/h1-3,6-7,13-14,16H,4-5,8-12H2/t16-/m1/s1. The smallest absolute Gasteiger partial charge is 0.156 e. The van der Waals surface area contributed by atoms with Gasteiger partial charge in [0.05, 0.1) is 12.2 Å². The number of nitrogens with zero attached hydrogens (tertiary/aromatic N) is 8. The largest absolute Gasteiger partial charge is 0.299 e. The molecule has 1 aliphatic rings. The molecule has 1 aromatic carbocycles. The summed E-state index contributed by atoms with van der Waals surface area (Å²) in [5.74, 6) is 0.915. The Labute approximate surface area is 146 Å². The minimum Gasteiger partial charge on any atom is -0.299 e. The summed E-state index contributed by atoms with van der Waals surface area (Å²) < 4.78 is 3.76. The topological polar surface area (TPSA) is 77.5 Å². The van der Waals surface area contributed by atoms with Gasteiger partial charge in [-0.05, 0) is 54.9 Å². The number of hydrogen-bond donors (Lipinski definition) is 0. The number of aryl methyl sites for hydroxylation is 1. The molecule has 1 aliphatic heterocycles. The van der Waals surface area contributed by atoms with Gasteiger partial charge in [0.2, 0.25) is 0 Å². The van der Waals surface area contributed by atoms with Crippen LogP contribution in [0.25, 0.3) is 5.69 Å². The van der Waals surface area contributed by atoms with Gasteiger partial charge in [-0.3, -0.25) is 9.58 Å². The fourth-order valence-corrected chi connectivity index (χ4v) is 3.51. The molecule has 4 rings (SSSR count). The van der Waals surface area contributed by atoms with Crippen LogP contribution in [0.3, 0.4) is 0 Å². The van der Waals surface area contributed by atoms with Crippen molar-refractivity contribution in [3.63, 3.8) is 0 Å². The van der Waals surface area contributed by atoms with Crippen LogP contribution in [0.5, 0.6) is 0 Å². The monoisotopic (exact) mass is 338 g/mol. The van der Waals surface area contributed by atoms with Crippen molar-refractivity contribution in [2.45, 2.75) is 38.3 Å². The SMILES string of the molecule is c1ccc(-n2nnnc2CCCN2CCC[C@@H]2Cn2cncn2)cc1. The van der Waals surface area contributed by atoms with Crippen molar-refractivity contribution in [2.75, 3.05) is 13.1 Å². The lowest BCUT2D eigenvalue weighted by Crippen LogP contribution is -2.34. The van der Waals surface area contributed by atoms with Gasteiger partial charge in [-0.1, -0.05) is 18.2 Å². The molecule has 2 aromatic heterocycles. The molecule has 1 saturated heterocycles. The molecule has 8 nitrogen and oxygen atoms in total. The van der Waals surface area contributed by atoms with Gasteiger partial charge < -0.3 is 0 Å². The van der Waals surface area contributed by atoms with E-state index in [1.165, 1.54) is 12.8 Å². The predicted molar refractivity (Wildman–Crippen MR) is 92.1 cm³/mol. The Morgan fingerprint density at radius 1 is 1.16 bits per heavy atom. The molecule has 1 atom stereocenters. The van der Waals surface area contributed by atoms with E-state index in [9.17, 15) is 0 Å². The Morgan fingerprint density at radius 2 is 2.08 bits per heavy atom. The number of rotatable bonds is 7. The lowest BCUT2D eigenvalue weighted by Gasteiger charge is -2.24. The fraction of sp³-hybridized carbons (Fsp3) is 0.471. The van der Waals surface area contributed by atoms with E-state index in [1.807, 2.05) is 39.7 Å². The number of hydrogen-bond acceptors (Lipinski definition) is 6. The second kappa shape index (κ2) is 7.52. The van der Waals surface area contributed by atoms with E-state index >= 15 is 0 Å². The number of likely N-dealkylation sites (tertiary alicyclic amines) is 1. The highest BCUT2D eigenvalue weighted by Crippen LogP contribution is 2.19. The van der Waals surface area contributed by atoms with Crippen molar-refractivity contribution in [3.05, 3.63) is 48.8 Å². The first-order valence-corrected chi connectivity index (χ1v) is 8.79. The summed E-state index contributed by atoms with van der Waals surface area (Å²) in [5, 5.41) is 16.4. The van der Waals surface area contributed by atoms with Gasteiger partial charge in [0.15, 0.2) is 5.82 Å². The molecule has 130 valence electrons. The summed E-state index contributed by atoms with van der Waals surface area (Å²) in [6.07, 6.45) is 7.78. The summed E-state index contributed by atoms with van der Waals surface area (Å²) in [6, 6.07) is 10.6. The second-order valence-corrected chi connectivity index (χ2v) is 6.40. The van der Waals surface area contributed by atoms with Crippen molar-refractivity contribution >= 4 is 0 Å². The van der Waals surface area contributed by atoms with Crippen LogP contribution in [0.15, 0.2) is 43.0 Å². The first-order chi connectivity index (χ1) is 12.4. The van der Waals surface area contributed by atoms with Gasteiger partial charge in [-0.2, -0.15) is 9.78 Å². The normalized spacial score (nSPS) is 18.0. The molecular weight excluding hydrogens is 316 g/mol. The van der Waals surface area contributed by atoms with Crippen molar-refractivity contribution in [3.8, 4) is 5.69 Å². The molecule has 1 fully saturated rings. The molecule has 0 aliphatic carbocycles. The van der Waals surface area contributed by atoms with Crippen LogP contribution in [0.1, 0.15) is 25.1 Å². The molecule has 3 heterocycles. The lowest BCUT2D eigenvalue weighted by molar-refractivity contribution is 0.224. The average molecular weight is 338 g/mol. The van der Waals surface area contributed by atoms with Crippen LogP contribution < -0.4 is 0 Å². The third-order valence-electron chi connectivity index (χ3n) is 4.74. The minimum absolute atomic E-state index is 0.548. The minimum atomic E-state index is 0.548. The van der Waals surface area contributed by atoms with E-state index in [4.69, 9.17) is 0 Å². The van der Waals surface area contributed by atoms with Crippen molar-refractivity contribution < 1.29 is 0 Å². The van der Waals surface area contributed by atoms with E-state index in [-0.39, 0.29) is 0 Å². The molecule has 25 heavy (non-hydrogen) atoms.